The van der Waals surface area contributed by atoms with Crippen molar-refractivity contribution in [3.8, 4) is 0 Å². The summed E-state index contributed by atoms with van der Waals surface area (Å²) < 4.78 is 5.61. The Morgan fingerprint density at radius 2 is 1.61 bits per heavy atom. The molecule has 0 amide bonds. The zero-order chi connectivity index (χ0) is 12.9. The van der Waals surface area contributed by atoms with Crippen LogP contribution in [0, 0.1) is 23.7 Å². The van der Waals surface area contributed by atoms with Gasteiger partial charge in [0.15, 0.2) is 0 Å². The number of hydrogen-bond acceptors (Lipinski definition) is 3. The predicted molar refractivity (Wildman–Crippen MR) is 63.8 cm³/mol. The monoisotopic (exact) mass is 252 g/mol. The van der Waals surface area contributed by atoms with Crippen molar-refractivity contribution in [3.63, 3.8) is 0 Å². The minimum absolute atomic E-state index is 0.0125. The Balaban J connectivity index is 1.92. The highest BCUT2D eigenvalue weighted by atomic mass is 16.6. The molecule has 4 nitrogen and oxygen atoms in total. The van der Waals surface area contributed by atoms with Crippen molar-refractivity contribution in [3.05, 3.63) is 0 Å². The van der Waals surface area contributed by atoms with Gasteiger partial charge in [-0.05, 0) is 43.9 Å². The van der Waals surface area contributed by atoms with Crippen LogP contribution >= 0.6 is 0 Å². The average molecular weight is 252 g/mol. The first kappa shape index (κ1) is 12.0. The fraction of sp³-hybridized carbons (Fsp3) is 0.857. The number of esters is 1. The van der Waals surface area contributed by atoms with Crippen LogP contribution in [0.25, 0.3) is 0 Å². The molecule has 0 unspecified atom stereocenters. The molecule has 0 aromatic heterocycles. The van der Waals surface area contributed by atoms with Crippen molar-refractivity contribution in [1.29, 1.82) is 0 Å². The maximum atomic E-state index is 11.4. The van der Waals surface area contributed by atoms with Gasteiger partial charge in [0.1, 0.15) is 5.60 Å². The van der Waals surface area contributed by atoms with E-state index in [9.17, 15) is 14.7 Å². The van der Waals surface area contributed by atoms with Crippen LogP contribution in [0.3, 0.4) is 0 Å². The molecule has 0 atom stereocenters. The second-order valence-corrected chi connectivity index (χ2v) is 6.42. The van der Waals surface area contributed by atoms with E-state index >= 15 is 0 Å². The van der Waals surface area contributed by atoms with E-state index in [1.54, 1.807) is 0 Å². The smallest absolute Gasteiger partial charge is 0.307 e. The molecular weight excluding hydrogens is 232 g/mol. The molecule has 0 radical (unpaired) electrons. The van der Waals surface area contributed by atoms with Gasteiger partial charge in [0, 0.05) is 18.8 Å². The molecule has 4 aliphatic rings. The molecule has 4 rings (SSSR count). The SMILES string of the molecule is CC(=O)OC1(CC(=O)O)C2CC3CC(C2)CC1C3. The fourth-order valence-corrected chi connectivity index (χ4v) is 4.98. The summed E-state index contributed by atoms with van der Waals surface area (Å²) in [6, 6.07) is 0. The Morgan fingerprint density at radius 1 is 1.11 bits per heavy atom. The number of hydrogen-bond donors (Lipinski definition) is 1. The van der Waals surface area contributed by atoms with E-state index in [4.69, 9.17) is 4.74 Å². The fourth-order valence-electron chi connectivity index (χ4n) is 4.98. The zero-order valence-corrected chi connectivity index (χ0v) is 10.7. The molecule has 4 fully saturated rings. The van der Waals surface area contributed by atoms with Crippen LogP contribution < -0.4 is 0 Å². The van der Waals surface area contributed by atoms with Crippen molar-refractivity contribution in [2.24, 2.45) is 23.7 Å². The van der Waals surface area contributed by atoms with Crippen LogP contribution in [0.2, 0.25) is 0 Å². The highest BCUT2D eigenvalue weighted by Gasteiger charge is 2.60. The Bertz CT molecular complexity index is 341. The summed E-state index contributed by atoms with van der Waals surface area (Å²) in [5, 5.41) is 9.18. The van der Waals surface area contributed by atoms with Gasteiger partial charge >= 0.3 is 11.9 Å². The second kappa shape index (κ2) is 3.97. The van der Waals surface area contributed by atoms with E-state index < -0.39 is 11.6 Å². The van der Waals surface area contributed by atoms with Gasteiger partial charge in [0.25, 0.3) is 0 Å². The topological polar surface area (TPSA) is 63.6 Å². The average Bonchev–Trinajstić information content (AvgIpc) is 2.23. The molecule has 18 heavy (non-hydrogen) atoms. The van der Waals surface area contributed by atoms with Crippen molar-refractivity contribution >= 4 is 11.9 Å². The lowest BCUT2D eigenvalue weighted by Crippen LogP contribution is -2.60. The van der Waals surface area contributed by atoms with Crippen LogP contribution in [0.4, 0.5) is 0 Å². The first-order valence-corrected chi connectivity index (χ1v) is 6.91. The summed E-state index contributed by atoms with van der Waals surface area (Å²) in [5.74, 6) is 0.852. The lowest BCUT2D eigenvalue weighted by atomic mass is 9.49. The van der Waals surface area contributed by atoms with Crippen LogP contribution in [-0.2, 0) is 14.3 Å². The third-order valence-electron chi connectivity index (χ3n) is 5.28. The number of carbonyl (C=O) groups excluding carboxylic acids is 1. The normalized spacial score (nSPS) is 44.9. The maximum absolute atomic E-state index is 11.4. The molecular formula is C14H20O4. The van der Waals surface area contributed by atoms with Crippen LogP contribution in [0.1, 0.15) is 45.4 Å². The second-order valence-electron chi connectivity index (χ2n) is 6.42. The molecule has 4 aliphatic carbocycles. The van der Waals surface area contributed by atoms with Crippen LogP contribution in [0.5, 0.6) is 0 Å². The highest BCUT2D eigenvalue weighted by molar-refractivity contribution is 5.71. The number of ether oxygens (including phenoxy) is 1. The predicted octanol–water partition coefficient (Wildman–Crippen LogP) is 2.22. The molecule has 4 heteroatoms. The minimum atomic E-state index is -0.844. The molecule has 0 spiro atoms. The Morgan fingerprint density at radius 3 is 2.00 bits per heavy atom. The first-order chi connectivity index (χ1) is 8.49. The van der Waals surface area contributed by atoms with Gasteiger partial charge in [0.2, 0.25) is 0 Å². The summed E-state index contributed by atoms with van der Waals surface area (Å²) >= 11 is 0. The third-order valence-corrected chi connectivity index (χ3v) is 5.28. The van der Waals surface area contributed by atoms with Gasteiger partial charge in [-0.15, -0.1) is 0 Å². The van der Waals surface area contributed by atoms with Crippen molar-refractivity contribution in [1.82, 2.24) is 0 Å². The van der Waals surface area contributed by atoms with Crippen molar-refractivity contribution in [2.75, 3.05) is 0 Å². The zero-order valence-electron chi connectivity index (χ0n) is 10.7. The van der Waals surface area contributed by atoms with E-state index in [1.165, 1.54) is 13.3 Å². The molecule has 0 aromatic rings. The summed E-state index contributed by atoms with van der Waals surface area (Å²) in [6.07, 6.45) is 5.49. The quantitative estimate of drug-likeness (QED) is 0.782. The summed E-state index contributed by atoms with van der Waals surface area (Å²) in [4.78, 5) is 22.6. The minimum Gasteiger partial charge on any atom is -0.481 e. The van der Waals surface area contributed by atoms with E-state index in [0.29, 0.717) is 0 Å². The summed E-state index contributed by atoms with van der Waals surface area (Å²) in [7, 11) is 0. The molecule has 4 saturated carbocycles. The van der Waals surface area contributed by atoms with E-state index in [2.05, 4.69) is 0 Å². The number of carbonyl (C=O) groups is 2. The van der Waals surface area contributed by atoms with Gasteiger partial charge in [-0.25, -0.2) is 0 Å². The van der Waals surface area contributed by atoms with Gasteiger partial charge in [0.05, 0.1) is 6.42 Å². The molecule has 100 valence electrons. The van der Waals surface area contributed by atoms with E-state index in [1.807, 2.05) is 0 Å². The van der Waals surface area contributed by atoms with Crippen LogP contribution in [-0.4, -0.2) is 22.6 Å². The van der Waals surface area contributed by atoms with Crippen LogP contribution in [0.15, 0.2) is 0 Å². The van der Waals surface area contributed by atoms with E-state index in [0.717, 1.165) is 37.5 Å². The maximum Gasteiger partial charge on any atom is 0.307 e. The molecule has 0 aromatic carbocycles. The standard InChI is InChI=1S/C14H20O4/c1-8(15)18-14(7-13(16)17)11-3-9-2-10(5-11)6-12(14)4-9/h9-12H,2-7H2,1H3,(H,16,17). The van der Waals surface area contributed by atoms with Gasteiger partial charge in [-0.1, -0.05) is 0 Å². The number of carboxylic acid groups (broad SMARTS) is 1. The Kier molecular flexibility index (Phi) is 2.65. The largest absolute Gasteiger partial charge is 0.481 e. The first-order valence-electron chi connectivity index (χ1n) is 6.91. The number of rotatable bonds is 3. The van der Waals surface area contributed by atoms with E-state index in [-0.39, 0.29) is 24.2 Å². The molecule has 0 heterocycles. The van der Waals surface area contributed by atoms with Gasteiger partial charge in [-0.3, -0.25) is 9.59 Å². The molecule has 4 bridgehead atoms. The van der Waals surface area contributed by atoms with Crippen molar-refractivity contribution < 1.29 is 19.4 Å². The summed E-state index contributed by atoms with van der Waals surface area (Å²) in [5.41, 5.74) is -0.703. The lowest BCUT2D eigenvalue weighted by molar-refractivity contribution is -0.212. The lowest BCUT2D eigenvalue weighted by Gasteiger charge is -2.59. The van der Waals surface area contributed by atoms with Gasteiger partial charge < -0.3 is 9.84 Å². The number of carboxylic acids is 1. The Hall–Kier alpha value is -1.06. The molecule has 0 saturated heterocycles. The molecule has 0 aliphatic heterocycles. The third kappa shape index (κ3) is 1.73. The molecule has 1 N–H and O–H groups in total. The number of aliphatic carboxylic acids is 1. The Labute approximate surface area is 107 Å². The summed E-state index contributed by atoms with van der Waals surface area (Å²) in [6.45, 7) is 1.40. The van der Waals surface area contributed by atoms with Gasteiger partial charge in [-0.2, -0.15) is 0 Å². The van der Waals surface area contributed by atoms with Crippen molar-refractivity contribution in [2.45, 2.75) is 51.0 Å². The highest BCUT2D eigenvalue weighted by Crippen LogP contribution is 2.60.